The van der Waals surface area contributed by atoms with Gasteiger partial charge >= 0.3 is 7.82 Å². The summed E-state index contributed by atoms with van der Waals surface area (Å²) in [6.07, 6.45) is 4.19. The van der Waals surface area contributed by atoms with Gasteiger partial charge in [-0.15, -0.1) is 0 Å². The molecule has 1 aliphatic heterocycles. The lowest BCUT2D eigenvalue weighted by Gasteiger charge is -2.18. The number of phosphoric ester groups is 1. The number of fused-ring (bicyclic) bond motifs is 1. The number of rotatable bonds is 6. The zero-order valence-electron chi connectivity index (χ0n) is 10.9. The maximum atomic E-state index is 11.7. The molecule has 0 bridgehead atoms. The van der Waals surface area contributed by atoms with Gasteiger partial charge < -0.3 is 14.5 Å². The van der Waals surface area contributed by atoms with E-state index in [0.717, 1.165) is 25.7 Å². The summed E-state index contributed by atoms with van der Waals surface area (Å²) < 4.78 is 26.8. The molecule has 3 atom stereocenters. The number of benzene rings is 1. The van der Waals surface area contributed by atoms with E-state index in [-0.39, 0.29) is 18.3 Å². The Labute approximate surface area is 117 Å². The van der Waals surface area contributed by atoms with Crippen LogP contribution >= 0.6 is 7.82 Å². The predicted octanol–water partition coefficient (Wildman–Crippen LogP) is 2.83. The molecule has 1 aromatic carbocycles. The molecule has 1 heterocycles. The van der Waals surface area contributed by atoms with Crippen molar-refractivity contribution in [1.82, 2.24) is 0 Å². The van der Waals surface area contributed by atoms with E-state index in [1.165, 1.54) is 0 Å². The quantitative estimate of drug-likeness (QED) is 0.377. The largest absolute Gasteiger partial charge is 0.508 e. The van der Waals surface area contributed by atoms with E-state index >= 15 is 0 Å². The lowest BCUT2D eigenvalue weighted by molar-refractivity contribution is -0.129. The Morgan fingerprint density at radius 1 is 1.35 bits per heavy atom. The number of hydrogen-bond donors (Lipinski definition) is 1. The molecule has 3 rings (SSSR count). The van der Waals surface area contributed by atoms with Crippen LogP contribution in [-0.4, -0.2) is 23.2 Å². The van der Waals surface area contributed by atoms with Crippen LogP contribution in [0.5, 0.6) is 5.75 Å². The van der Waals surface area contributed by atoms with Crippen molar-refractivity contribution in [1.29, 1.82) is 0 Å². The lowest BCUT2D eigenvalue weighted by atomic mass is 9.90. The molecular weight excluding hydrogens is 283 g/mol. The Morgan fingerprint density at radius 3 is 2.90 bits per heavy atom. The van der Waals surface area contributed by atoms with E-state index in [0.29, 0.717) is 5.75 Å². The van der Waals surface area contributed by atoms with Crippen molar-refractivity contribution in [3.8, 4) is 5.75 Å². The maximum Gasteiger partial charge on any atom is 0.508 e. The third-order valence-corrected chi connectivity index (χ3v) is 4.38. The average molecular weight is 300 g/mol. The molecule has 7 heteroatoms. The Kier molecular flexibility index (Phi) is 3.84. The Morgan fingerprint density at radius 2 is 2.15 bits per heavy atom. The van der Waals surface area contributed by atoms with Gasteiger partial charge in [-0.05, 0) is 25.0 Å². The number of para-hydroxylation sites is 1. The van der Waals surface area contributed by atoms with Crippen LogP contribution in [0.2, 0.25) is 0 Å². The molecular formula is C13H17O6P. The van der Waals surface area contributed by atoms with Crippen LogP contribution in [0.25, 0.3) is 0 Å². The topological polar surface area (TPSA) is 77.5 Å². The first-order chi connectivity index (χ1) is 9.60. The molecule has 1 aliphatic carbocycles. The fourth-order valence-corrected chi connectivity index (χ4v) is 3.13. The van der Waals surface area contributed by atoms with Crippen molar-refractivity contribution in [3.05, 3.63) is 30.3 Å². The smallest absolute Gasteiger partial charge is 0.364 e. The van der Waals surface area contributed by atoms with Crippen LogP contribution in [0.3, 0.4) is 0 Å². The second kappa shape index (κ2) is 5.47. The highest BCUT2D eigenvalue weighted by Gasteiger charge is 2.58. The van der Waals surface area contributed by atoms with Crippen molar-refractivity contribution >= 4 is 7.82 Å². The molecule has 6 nitrogen and oxygen atoms in total. The fourth-order valence-electron chi connectivity index (χ4n) is 2.52. The second-order valence-electron chi connectivity index (χ2n) is 5.13. The van der Waals surface area contributed by atoms with Crippen LogP contribution in [0.15, 0.2) is 30.3 Å². The van der Waals surface area contributed by atoms with Gasteiger partial charge in [0, 0.05) is 0 Å². The monoisotopic (exact) mass is 300 g/mol. The van der Waals surface area contributed by atoms with Gasteiger partial charge in [-0.1, -0.05) is 35.7 Å². The molecule has 0 amide bonds. The molecule has 1 saturated heterocycles. The van der Waals surface area contributed by atoms with Crippen LogP contribution in [0.4, 0.5) is 0 Å². The Balaban J connectivity index is 1.48. The van der Waals surface area contributed by atoms with Gasteiger partial charge in [0.15, 0.2) is 5.75 Å². The molecule has 1 saturated carbocycles. The second-order valence-corrected chi connectivity index (χ2v) is 6.47. The van der Waals surface area contributed by atoms with Crippen molar-refractivity contribution in [2.75, 3.05) is 6.61 Å². The first kappa shape index (κ1) is 14.0. The molecule has 3 unspecified atom stereocenters. The van der Waals surface area contributed by atoms with E-state index in [2.05, 4.69) is 4.67 Å². The van der Waals surface area contributed by atoms with Gasteiger partial charge in [0.2, 0.25) is 0 Å². The minimum absolute atomic E-state index is 0.0591. The van der Waals surface area contributed by atoms with Crippen LogP contribution < -0.4 is 4.89 Å². The standard InChI is InChI=1S/C13H17O6P/c14-20(15,19-18-11-6-2-1-3-7-11)16-10-13-9-5-4-8-12(13)17-13/h1-3,6-7,12H,4-5,8-10H2,(H,14,15). The normalized spacial score (nSPS) is 31.1. The summed E-state index contributed by atoms with van der Waals surface area (Å²) in [6.45, 7) is 0.0591. The van der Waals surface area contributed by atoms with E-state index in [1.807, 2.05) is 0 Å². The Bertz CT molecular complexity index is 507. The van der Waals surface area contributed by atoms with Gasteiger partial charge in [0.05, 0.1) is 12.7 Å². The molecule has 0 radical (unpaired) electrons. The summed E-state index contributed by atoms with van der Waals surface area (Å²) in [6, 6.07) is 8.48. The summed E-state index contributed by atoms with van der Waals surface area (Å²) in [7, 11) is -4.24. The minimum atomic E-state index is -4.24. The van der Waals surface area contributed by atoms with Crippen LogP contribution in [-0.2, 0) is 18.5 Å². The number of phosphoric acid groups is 1. The molecule has 20 heavy (non-hydrogen) atoms. The SMILES string of the molecule is O=P(O)(OCC12CCCCC1O2)OOc1ccccc1. The number of epoxide rings is 1. The number of ether oxygens (including phenoxy) is 1. The van der Waals surface area contributed by atoms with Crippen LogP contribution in [0, 0.1) is 0 Å². The molecule has 0 spiro atoms. The summed E-state index contributed by atoms with van der Waals surface area (Å²) in [5.41, 5.74) is -0.382. The van der Waals surface area contributed by atoms with Crippen molar-refractivity contribution < 1.29 is 28.3 Å². The van der Waals surface area contributed by atoms with Gasteiger partial charge in [-0.25, -0.2) is 4.57 Å². The van der Waals surface area contributed by atoms with Gasteiger partial charge in [-0.2, -0.15) is 0 Å². The zero-order chi connectivity index (χ0) is 14.1. The molecule has 1 N–H and O–H groups in total. The van der Waals surface area contributed by atoms with Crippen LogP contribution in [0.1, 0.15) is 25.7 Å². The highest BCUT2D eigenvalue weighted by atomic mass is 31.2. The van der Waals surface area contributed by atoms with E-state index in [1.54, 1.807) is 30.3 Å². The molecule has 1 aromatic rings. The zero-order valence-corrected chi connectivity index (χ0v) is 11.8. The molecule has 2 aliphatic rings. The maximum absolute atomic E-state index is 11.7. The average Bonchev–Trinajstić information content (AvgIpc) is 3.20. The highest BCUT2D eigenvalue weighted by molar-refractivity contribution is 7.47. The van der Waals surface area contributed by atoms with E-state index in [9.17, 15) is 9.46 Å². The summed E-state index contributed by atoms with van der Waals surface area (Å²) >= 11 is 0. The van der Waals surface area contributed by atoms with Crippen molar-refractivity contribution in [3.63, 3.8) is 0 Å². The van der Waals surface area contributed by atoms with Crippen molar-refractivity contribution in [2.45, 2.75) is 37.4 Å². The minimum Gasteiger partial charge on any atom is -0.364 e. The summed E-state index contributed by atoms with van der Waals surface area (Å²) in [5, 5.41) is 0. The van der Waals surface area contributed by atoms with E-state index in [4.69, 9.17) is 14.1 Å². The lowest BCUT2D eigenvalue weighted by Crippen LogP contribution is -2.25. The fraction of sp³-hybridized carbons (Fsp3) is 0.538. The van der Waals surface area contributed by atoms with Gasteiger partial charge in [-0.3, -0.25) is 4.52 Å². The predicted molar refractivity (Wildman–Crippen MR) is 70.0 cm³/mol. The van der Waals surface area contributed by atoms with Gasteiger partial charge in [0.1, 0.15) is 5.60 Å². The summed E-state index contributed by atoms with van der Waals surface area (Å²) in [5.74, 6) is 0.335. The van der Waals surface area contributed by atoms with Crippen molar-refractivity contribution in [2.24, 2.45) is 0 Å². The highest BCUT2D eigenvalue weighted by Crippen LogP contribution is 2.52. The third-order valence-electron chi connectivity index (χ3n) is 3.67. The molecule has 2 fully saturated rings. The molecule has 0 aromatic heterocycles. The van der Waals surface area contributed by atoms with E-state index < -0.39 is 7.82 Å². The summed E-state index contributed by atoms with van der Waals surface area (Å²) in [4.78, 5) is 14.3. The van der Waals surface area contributed by atoms with Gasteiger partial charge in [0.25, 0.3) is 0 Å². The first-order valence-corrected chi connectivity index (χ1v) is 8.16. The Hall–Kier alpha value is -0.910. The first-order valence-electron chi connectivity index (χ1n) is 6.66. The number of hydrogen-bond acceptors (Lipinski definition) is 5. The molecule has 110 valence electrons. The third kappa shape index (κ3) is 3.22.